The van der Waals surface area contributed by atoms with Gasteiger partial charge in [0.25, 0.3) is 0 Å². The zero-order valence-electron chi connectivity index (χ0n) is 9.53. The van der Waals surface area contributed by atoms with E-state index >= 15 is 0 Å². The molecule has 0 aliphatic heterocycles. The Kier molecular flexibility index (Phi) is 4.82. The molecule has 1 aliphatic carbocycles. The highest BCUT2D eigenvalue weighted by atomic mass is 16.5. The third-order valence-corrected chi connectivity index (χ3v) is 2.94. The van der Waals surface area contributed by atoms with Crippen LogP contribution < -0.4 is 0 Å². The Labute approximate surface area is 91.1 Å². The van der Waals surface area contributed by atoms with E-state index in [1.54, 1.807) is 6.92 Å². The second-order valence-electron chi connectivity index (χ2n) is 4.15. The van der Waals surface area contributed by atoms with E-state index in [2.05, 4.69) is 0 Å². The summed E-state index contributed by atoms with van der Waals surface area (Å²) in [5.41, 5.74) is 0.467. The fourth-order valence-electron chi connectivity index (χ4n) is 2.08. The molecule has 0 aromatic heterocycles. The van der Waals surface area contributed by atoms with Gasteiger partial charge in [-0.25, -0.2) is 4.79 Å². The average molecular weight is 212 g/mol. The van der Waals surface area contributed by atoms with Crippen molar-refractivity contribution in [1.82, 2.24) is 0 Å². The van der Waals surface area contributed by atoms with E-state index < -0.39 is 5.97 Å². The smallest absolute Gasteiger partial charge is 0.330 e. The summed E-state index contributed by atoms with van der Waals surface area (Å²) in [6.07, 6.45) is 6.50. The quantitative estimate of drug-likeness (QED) is 0.729. The molecule has 0 bridgehead atoms. The number of hydrogen-bond donors (Lipinski definition) is 1. The van der Waals surface area contributed by atoms with Crippen LogP contribution in [0.5, 0.6) is 0 Å². The molecule has 0 atom stereocenters. The summed E-state index contributed by atoms with van der Waals surface area (Å²) in [7, 11) is 0. The summed E-state index contributed by atoms with van der Waals surface area (Å²) in [5, 5.41) is 8.76. The van der Waals surface area contributed by atoms with Crippen LogP contribution in [0.1, 0.15) is 39.5 Å². The normalized spacial score (nSPS) is 27.7. The van der Waals surface area contributed by atoms with Crippen molar-refractivity contribution >= 4 is 5.97 Å². The van der Waals surface area contributed by atoms with Crippen LogP contribution in [-0.4, -0.2) is 23.8 Å². The van der Waals surface area contributed by atoms with Gasteiger partial charge in [-0.05, 0) is 45.4 Å². The molecule has 0 heterocycles. The molecule has 1 rings (SSSR count). The van der Waals surface area contributed by atoms with Crippen LogP contribution in [0.3, 0.4) is 0 Å². The van der Waals surface area contributed by atoms with Crippen molar-refractivity contribution < 1.29 is 14.6 Å². The lowest BCUT2D eigenvalue weighted by Gasteiger charge is -2.26. The highest BCUT2D eigenvalue weighted by Gasteiger charge is 2.20. The van der Waals surface area contributed by atoms with Crippen molar-refractivity contribution in [2.45, 2.75) is 45.6 Å². The van der Waals surface area contributed by atoms with E-state index in [1.165, 1.54) is 0 Å². The van der Waals surface area contributed by atoms with Gasteiger partial charge in [-0.15, -0.1) is 0 Å². The molecule has 1 N–H and O–H groups in total. The van der Waals surface area contributed by atoms with E-state index in [0.29, 0.717) is 17.6 Å². The number of aliphatic carboxylic acids is 1. The number of carboxylic acids is 1. The van der Waals surface area contributed by atoms with E-state index in [1.807, 2.05) is 13.0 Å². The third kappa shape index (κ3) is 4.04. The Morgan fingerprint density at radius 3 is 2.47 bits per heavy atom. The number of carboxylic acid groups (broad SMARTS) is 1. The average Bonchev–Trinajstić information content (AvgIpc) is 2.21. The first-order valence-corrected chi connectivity index (χ1v) is 5.66. The molecular weight excluding hydrogens is 192 g/mol. The van der Waals surface area contributed by atoms with Crippen LogP contribution in [0.2, 0.25) is 0 Å². The Morgan fingerprint density at radius 1 is 1.40 bits per heavy atom. The molecule has 3 heteroatoms. The van der Waals surface area contributed by atoms with Crippen molar-refractivity contribution in [3.8, 4) is 0 Å². The molecule has 0 amide bonds. The Balaban J connectivity index is 2.37. The summed E-state index contributed by atoms with van der Waals surface area (Å²) in [6, 6.07) is 0. The molecule has 0 saturated heterocycles. The topological polar surface area (TPSA) is 46.5 Å². The van der Waals surface area contributed by atoms with Crippen LogP contribution in [-0.2, 0) is 9.53 Å². The van der Waals surface area contributed by atoms with Gasteiger partial charge in [-0.1, -0.05) is 6.08 Å². The second-order valence-corrected chi connectivity index (χ2v) is 4.15. The van der Waals surface area contributed by atoms with Crippen LogP contribution in [0, 0.1) is 5.92 Å². The van der Waals surface area contributed by atoms with Gasteiger partial charge in [0.05, 0.1) is 6.10 Å². The summed E-state index contributed by atoms with van der Waals surface area (Å²) < 4.78 is 5.55. The van der Waals surface area contributed by atoms with Gasteiger partial charge in [0.2, 0.25) is 0 Å². The minimum Gasteiger partial charge on any atom is -0.478 e. The van der Waals surface area contributed by atoms with Gasteiger partial charge < -0.3 is 9.84 Å². The van der Waals surface area contributed by atoms with E-state index in [0.717, 1.165) is 32.3 Å². The van der Waals surface area contributed by atoms with Crippen LogP contribution in [0.25, 0.3) is 0 Å². The molecule has 0 spiro atoms. The Morgan fingerprint density at radius 2 is 2.00 bits per heavy atom. The first-order valence-electron chi connectivity index (χ1n) is 5.66. The maximum atomic E-state index is 10.6. The molecule has 1 fully saturated rings. The number of allylic oxidation sites excluding steroid dienone is 1. The van der Waals surface area contributed by atoms with Gasteiger partial charge in [-0.3, -0.25) is 0 Å². The highest BCUT2D eigenvalue weighted by Crippen LogP contribution is 2.27. The molecule has 15 heavy (non-hydrogen) atoms. The number of rotatable bonds is 4. The molecule has 0 aromatic carbocycles. The summed E-state index contributed by atoms with van der Waals surface area (Å²) in [5.74, 6) is -0.375. The van der Waals surface area contributed by atoms with Crippen molar-refractivity contribution in [2.75, 3.05) is 6.61 Å². The summed E-state index contributed by atoms with van der Waals surface area (Å²) >= 11 is 0. The molecular formula is C12H20O3. The lowest BCUT2D eigenvalue weighted by molar-refractivity contribution is -0.132. The Hall–Kier alpha value is -0.830. The first-order chi connectivity index (χ1) is 7.13. The molecule has 86 valence electrons. The third-order valence-electron chi connectivity index (χ3n) is 2.94. The van der Waals surface area contributed by atoms with Crippen LogP contribution in [0.15, 0.2) is 11.6 Å². The lowest BCUT2D eigenvalue weighted by Crippen LogP contribution is -2.21. The zero-order valence-corrected chi connectivity index (χ0v) is 9.53. The molecule has 1 aliphatic rings. The molecule has 1 saturated carbocycles. The molecule has 0 aromatic rings. The number of carbonyl (C=O) groups is 1. The summed E-state index contributed by atoms with van der Waals surface area (Å²) in [6.45, 7) is 4.46. The predicted octanol–water partition coefficient (Wildman–Crippen LogP) is 2.61. The first kappa shape index (κ1) is 12.2. The van der Waals surface area contributed by atoms with Gasteiger partial charge in [0.1, 0.15) is 0 Å². The fourth-order valence-corrected chi connectivity index (χ4v) is 2.08. The maximum absolute atomic E-state index is 10.6. The zero-order chi connectivity index (χ0) is 11.3. The minimum absolute atomic E-state index is 0.393. The van der Waals surface area contributed by atoms with Gasteiger partial charge in [-0.2, -0.15) is 0 Å². The number of hydrogen-bond acceptors (Lipinski definition) is 2. The van der Waals surface area contributed by atoms with Gasteiger partial charge in [0, 0.05) is 12.2 Å². The monoisotopic (exact) mass is 212 g/mol. The molecule has 0 radical (unpaired) electrons. The van der Waals surface area contributed by atoms with E-state index in [4.69, 9.17) is 9.84 Å². The lowest BCUT2D eigenvalue weighted by atomic mass is 9.86. The molecule has 3 nitrogen and oxygen atoms in total. The summed E-state index contributed by atoms with van der Waals surface area (Å²) in [4.78, 5) is 10.6. The van der Waals surface area contributed by atoms with Crippen molar-refractivity contribution in [1.29, 1.82) is 0 Å². The van der Waals surface area contributed by atoms with Crippen molar-refractivity contribution in [2.24, 2.45) is 5.92 Å². The Bertz CT molecular complexity index is 237. The van der Waals surface area contributed by atoms with Gasteiger partial charge in [0.15, 0.2) is 0 Å². The van der Waals surface area contributed by atoms with Crippen molar-refractivity contribution in [3.05, 3.63) is 11.6 Å². The standard InChI is InChI=1S/C12H20O3/c1-3-15-11-6-4-10(5-7-11)8-9(2)12(13)14/h8,10-11H,3-7H2,1-2H3,(H,13,14). The highest BCUT2D eigenvalue weighted by molar-refractivity contribution is 5.85. The molecule has 0 unspecified atom stereocenters. The second kappa shape index (κ2) is 5.91. The minimum atomic E-state index is -0.804. The van der Waals surface area contributed by atoms with E-state index in [-0.39, 0.29) is 0 Å². The fraction of sp³-hybridized carbons (Fsp3) is 0.750. The van der Waals surface area contributed by atoms with Crippen LogP contribution in [0.4, 0.5) is 0 Å². The largest absolute Gasteiger partial charge is 0.478 e. The predicted molar refractivity (Wildman–Crippen MR) is 58.8 cm³/mol. The maximum Gasteiger partial charge on any atom is 0.330 e. The van der Waals surface area contributed by atoms with Crippen molar-refractivity contribution in [3.63, 3.8) is 0 Å². The van der Waals surface area contributed by atoms with Crippen LogP contribution >= 0.6 is 0 Å². The number of ether oxygens (including phenoxy) is 1. The van der Waals surface area contributed by atoms with E-state index in [9.17, 15) is 4.79 Å². The van der Waals surface area contributed by atoms with Gasteiger partial charge >= 0.3 is 5.97 Å². The SMILES string of the molecule is CCOC1CCC(C=C(C)C(=O)O)CC1.